The zero-order valence-corrected chi connectivity index (χ0v) is 34.2. The van der Waals surface area contributed by atoms with Crippen LogP contribution in [0, 0.1) is 17.6 Å². The number of benzene rings is 3. The van der Waals surface area contributed by atoms with E-state index in [1.54, 1.807) is 23.6 Å². The average Bonchev–Trinajstić information content (AvgIpc) is 3.18. The van der Waals surface area contributed by atoms with Crippen molar-refractivity contribution in [2.75, 3.05) is 57.4 Å². The molecule has 3 aromatic carbocycles. The Bertz CT molecular complexity index is 1900. The van der Waals surface area contributed by atoms with Crippen LogP contribution in [0.3, 0.4) is 0 Å². The van der Waals surface area contributed by atoms with Crippen LogP contribution < -0.4 is 41.5 Å². The molecule has 3 fully saturated rings. The lowest BCUT2D eigenvalue weighted by atomic mass is 9.85. The average molecular weight is 825 g/mol. The van der Waals surface area contributed by atoms with E-state index in [1.807, 2.05) is 38.1 Å². The fraction of sp³-hybridized carbons (Fsp3) is 0.500. The number of anilines is 1. The van der Waals surface area contributed by atoms with Gasteiger partial charge in [0.15, 0.2) is 0 Å². The molecule has 298 valence electrons. The first-order chi connectivity index (χ1) is 26.2. The third-order valence-electron chi connectivity index (χ3n) is 11.1. The number of aromatic nitrogens is 1. The van der Waals surface area contributed by atoms with Gasteiger partial charge in [-0.05, 0) is 88.5 Å². The third-order valence-corrected chi connectivity index (χ3v) is 11.1. The first kappa shape index (κ1) is 42.2. The van der Waals surface area contributed by atoms with E-state index in [0.717, 1.165) is 49.8 Å². The predicted octanol–water partition coefficient (Wildman–Crippen LogP) is 6.48. The van der Waals surface area contributed by atoms with Crippen molar-refractivity contribution in [1.29, 1.82) is 0 Å². The van der Waals surface area contributed by atoms with E-state index in [0.29, 0.717) is 53.7 Å². The van der Waals surface area contributed by atoms with E-state index < -0.39 is 23.0 Å². The van der Waals surface area contributed by atoms with Gasteiger partial charge < -0.3 is 45.1 Å². The summed E-state index contributed by atoms with van der Waals surface area (Å²) in [5.41, 5.74) is 0.541. The summed E-state index contributed by atoms with van der Waals surface area (Å²) in [6.45, 7) is 12.9. The Labute approximate surface area is 334 Å². The van der Waals surface area contributed by atoms with Crippen LogP contribution in [0.25, 0.3) is 16.6 Å². The highest BCUT2D eigenvalue weighted by atomic mass is 79.9. The minimum absolute atomic E-state index is 0. The van der Waals surface area contributed by atoms with Crippen LogP contribution in [-0.2, 0) is 0 Å². The smallest absolute Gasteiger partial charge is 0.263 e. The summed E-state index contributed by atoms with van der Waals surface area (Å²) < 4.78 is 49.9. The lowest BCUT2D eigenvalue weighted by Crippen LogP contribution is -3.00. The van der Waals surface area contributed by atoms with E-state index in [-0.39, 0.29) is 34.8 Å². The minimum atomic E-state index is -0.816. The number of amides is 1. The standard InChI is InChI=1S/C44H56F2N3O5.BrH/c1-4-21-52-38-27-36(28-39(29-38)53-22-5-2)48-31-41(44(51)47(6-3)35-25-33(45)24-34(46)26-35)43(50)40-13-12-37(30-42(40)48)54-23-11-9-7-8-10-17-49-18-14-32(15-19-49)16-20-49;/h12-13,24-32H,4-11,14-23H2,1-3H3;1H/q+1;/p-1. The maximum absolute atomic E-state index is 14.2. The molecule has 0 N–H and O–H groups in total. The number of hydrogen-bond acceptors (Lipinski definition) is 5. The molecule has 3 saturated heterocycles. The molecule has 8 nitrogen and oxygen atoms in total. The number of ether oxygens (including phenoxy) is 3. The molecular formula is C44H56BrF2N3O5. The zero-order valence-electron chi connectivity index (χ0n) is 32.6. The number of quaternary nitrogens is 1. The molecule has 1 aromatic heterocycles. The van der Waals surface area contributed by atoms with Crippen LogP contribution in [0.4, 0.5) is 14.5 Å². The summed E-state index contributed by atoms with van der Waals surface area (Å²) in [7, 11) is 0. The molecule has 0 aliphatic carbocycles. The fourth-order valence-corrected chi connectivity index (χ4v) is 8.09. The Morgan fingerprint density at radius 2 is 1.36 bits per heavy atom. The van der Waals surface area contributed by atoms with Gasteiger partial charge in [0.05, 0.1) is 57.2 Å². The third kappa shape index (κ3) is 10.5. The van der Waals surface area contributed by atoms with Crippen LogP contribution in [0.15, 0.2) is 65.6 Å². The molecule has 2 bridgehead atoms. The number of fused-ring (bicyclic) bond motifs is 4. The van der Waals surface area contributed by atoms with Crippen molar-refractivity contribution in [1.82, 2.24) is 4.57 Å². The molecule has 0 atom stereocenters. The molecule has 3 aliphatic heterocycles. The highest BCUT2D eigenvalue weighted by Crippen LogP contribution is 2.34. The molecule has 0 radical (unpaired) electrons. The summed E-state index contributed by atoms with van der Waals surface area (Å²) in [6, 6.07) is 13.7. The summed E-state index contributed by atoms with van der Waals surface area (Å²) >= 11 is 0. The molecule has 4 aromatic rings. The van der Waals surface area contributed by atoms with Crippen LogP contribution in [-0.4, -0.2) is 67.5 Å². The Morgan fingerprint density at radius 3 is 1.98 bits per heavy atom. The molecule has 0 saturated carbocycles. The van der Waals surface area contributed by atoms with Gasteiger partial charge in [0, 0.05) is 54.1 Å². The number of piperidine rings is 3. The number of hydrogen-bond donors (Lipinski definition) is 0. The molecule has 7 rings (SSSR count). The van der Waals surface area contributed by atoms with Crippen molar-refractivity contribution in [3.63, 3.8) is 0 Å². The van der Waals surface area contributed by atoms with Gasteiger partial charge in [0.2, 0.25) is 5.43 Å². The van der Waals surface area contributed by atoms with Crippen molar-refractivity contribution in [2.45, 2.75) is 85.0 Å². The van der Waals surface area contributed by atoms with Gasteiger partial charge in [-0.3, -0.25) is 9.59 Å². The van der Waals surface area contributed by atoms with E-state index in [9.17, 15) is 18.4 Å². The van der Waals surface area contributed by atoms with E-state index in [4.69, 9.17) is 14.2 Å². The van der Waals surface area contributed by atoms with Gasteiger partial charge in [-0.15, -0.1) is 0 Å². The van der Waals surface area contributed by atoms with E-state index in [2.05, 4.69) is 0 Å². The molecule has 3 aliphatic rings. The number of carbonyl (C=O) groups excluding carboxylic acids is 1. The first-order valence-electron chi connectivity index (χ1n) is 20.1. The Hall–Kier alpha value is -3.96. The Balaban J connectivity index is 0.00000580. The van der Waals surface area contributed by atoms with Crippen molar-refractivity contribution >= 4 is 22.5 Å². The molecule has 1 amide bonds. The SMILES string of the molecule is CCCOc1cc(OCCC)cc(-n2cc(C(=O)N(CC)c3cc(F)cc(F)c3)c(=O)c3ccc(OCCCCCCC[N+]45CCC(CC4)CC5)cc32)c1.[Br-]. The van der Waals surface area contributed by atoms with Crippen molar-refractivity contribution in [2.24, 2.45) is 5.92 Å². The van der Waals surface area contributed by atoms with Gasteiger partial charge in [-0.2, -0.15) is 0 Å². The number of unbranched alkanes of at least 4 members (excludes halogenated alkanes) is 4. The van der Waals surface area contributed by atoms with Crippen molar-refractivity contribution in [3.05, 3.63) is 88.2 Å². The Morgan fingerprint density at radius 1 is 0.764 bits per heavy atom. The number of rotatable bonds is 19. The number of carbonyl (C=O) groups is 1. The lowest BCUT2D eigenvalue weighted by molar-refractivity contribution is -0.942. The van der Waals surface area contributed by atoms with E-state index in [1.165, 1.54) is 80.3 Å². The monoisotopic (exact) mass is 823 g/mol. The molecular weight excluding hydrogens is 768 g/mol. The van der Waals surface area contributed by atoms with Crippen LogP contribution in [0.1, 0.15) is 95.3 Å². The number of nitrogens with zero attached hydrogens (tertiary/aromatic N) is 3. The fourth-order valence-electron chi connectivity index (χ4n) is 8.09. The van der Waals surface area contributed by atoms with Gasteiger partial charge in [0.25, 0.3) is 5.91 Å². The second-order valence-corrected chi connectivity index (χ2v) is 15.0. The molecule has 4 heterocycles. The molecule has 0 unspecified atom stereocenters. The highest BCUT2D eigenvalue weighted by molar-refractivity contribution is 6.07. The van der Waals surface area contributed by atoms with Gasteiger partial charge in [-0.1, -0.05) is 26.7 Å². The minimum Gasteiger partial charge on any atom is -1.00 e. The maximum Gasteiger partial charge on any atom is 0.263 e. The molecule has 55 heavy (non-hydrogen) atoms. The largest absolute Gasteiger partial charge is 1.00 e. The second-order valence-electron chi connectivity index (χ2n) is 15.0. The maximum atomic E-state index is 14.2. The normalized spacial score (nSPS) is 17.5. The second kappa shape index (κ2) is 19.8. The summed E-state index contributed by atoms with van der Waals surface area (Å²) in [4.78, 5) is 29.4. The first-order valence-corrected chi connectivity index (χ1v) is 20.1. The lowest BCUT2D eigenvalue weighted by Gasteiger charge is -2.49. The zero-order chi connectivity index (χ0) is 38.1. The molecule has 0 spiro atoms. The topological polar surface area (TPSA) is 70.0 Å². The van der Waals surface area contributed by atoms with Gasteiger partial charge in [-0.25, -0.2) is 8.78 Å². The van der Waals surface area contributed by atoms with Crippen LogP contribution in [0.5, 0.6) is 17.2 Å². The summed E-state index contributed by atoms with van der Waals surface area (Å²) in [5, 5.41) is 0.301. The van der Waals surface area contributed by atoms with Crippen molar-refractivity contribution in [3.8, 4) is 22.9 Å². The molecule has 11 heteroatoms. The Kier molecular flexibility index (Phi) is 15.2. The van der Waals surface area contributed by atoms with Crippen molar-refractivity contribution < 1.29 is 49.3 Å². The van der Waals surface area contributed by atoms with Crippen LogP contribution in [0.2, 0.25) is 0 Å². The van der Waals surface area contributed by atoms with Gasteiger partial charge in [0.1, 0.15) is 34.4 Å². The number of pyridine rings is 1. The van der Waals surface area contributed by atoms with E-state index >= 15 is 0 Å². The quantitative estimate of drug-likeness (QED) is 0.0801. The number of halogens is 3. The van der Waals surface area contributed by atoms with Crippen LogP contribution >= 0.6 is 0 Å². The summed E-state index contributed by atoms with van der Waals surface area (Å²) in [6.07, 6.45) is 13.1. The van der Waals surface area contributed by atoms with Gasteiger partial charge >= 0.3 is 0 Å². The summed E-state index contributed by atoms with van der Waals surface area (Å²) in [5.74, 6) is 0.478. The highest BCUT2D eigenvalue weighted by Gasteiger charge is 2.38. The predicted molar refractivity (Wildman–Crippen MR) is 210 cm³/mol.